The average Bonchev–Trinajstić information content (AvgIpc) is 2.71. The summed E-state index contributed by atoms with van der Waals surface area (Å²) in [6, 6.07) is 15.6. The highest BCUT2D eigenvalue weighted by atomic mass is 16.5. The zero-order chi connectivity index (χ0) is 21.0. The molecule has 1 aromatic heterocycles. The Labute approximate surface area is 170 Å². The molecule has 3 aromatic rings. The molecule has 0 atom stereocenters. The third-order valence-corrected chi connectivity index (χ3v) is 4.83. The Morgan fingerprint density at radius 1 is 1.00 bits per heavy atom. The zero-order valence-corrected chi connectivity index (χ0v) is 16.9. The summed E-state index contributed by atoms with van der Waals surface area (Å²) in [5.41, 5.74) is 3.91. The maximum atomic E-state index is 12.4. The summed E-state index contributed by atoms with van der Waals surface area (Å²) < 4.78 is 4.84. The van der Waals surface area contributed by atoms with Gasteiger partial charge in [-0.05, 0) is 41.7 Å². The number of esters is 1. The molecule has 0 fully saturated rings. The molecular formula is C24H25NO4. The molecule has 3 rings (SSSR count). The summed E-state index contributed by atoms with van der Waals surface area (Å²) in [5.74, 6) is -0.536. The number of benzene rings is 2. The Morgan fingerprint density at radius 2 is 1.69 bits per heavy atom. The molecule has 0 bridgehead atoms. The van der Waals surface area contributed by atoms with Crippen molar-refractivity contribution < 1.29 is 19.4 Å². The first-order valence-electron chi connectivity index (χ1n) is 9.82. The van der Waals surface area contributed by atoms with Crippen molar-refractivity contribution in [1.29, 1.82) is 0 Å². The summed E-state index contributed by atoms with van der Waals surface area (Å²) in [6.07, 6.45) is -0.0880. The summed E-state index contributed by atoms with van der Waals surface area (Å²) >= 11 is 0. The molecule has 0 radical (unpaired) electrons. The maximum absolute atomic E-state index is 12.4. The fourth-order valence-corrected chi connectivity index (χ4v) is 3.17. The van der Waals surface area contributed by atoms with Gasteiger partial charge in [0.1, 0.15) is 11.4 Å². The quantitative estimate of drug-likeness (QED) is 0.439. The minimum Gasteiger partial charge on any atom is -0.506 e. The molecule has 5 heteroatoms. The number of pyridine rings is 1. The fourth-order valence-electron chi connectivity index (χ4n) is 3.17. The molecule has 0 saturated carbocycles. The van der Waals surface area contributed by atoms with Gasteiger partial charge in [-0.2, -0.15) is 0 Å². The molecule has 2 aromatic carbocycles. The Hall–Kier alpha value is -3.21. The lowest BCUT2D eigenvalue weighted by atomic mass is 9.98. The summed E-state index contributed by atoms with van der Waals surface area (Å²) in [4.78, 5) is 28.3. The van der Waals surface area contributed by atoms with Crippen molar-refractivity contribution in [3.8, 4) is 16.9 Å². The van der Waals surface area contributed by atoms with Crippen LogP contribution in [0.1, 0.15) is 55.6 Å². The second-order valence-corrected chi connectivity index (χ2v) is 7.27. The first kappa shape index (κ1) is 20.5. The van der Waals surface area contributed by atoms with E-state index in [1.807, 2.05) is 18.2 Å². The number of fused-ring (bicyclic) bond motifs is 1. The van der Waals surface area contributed by atoms with E-state index in [-0.39, 0.29) is 36.7 Å². The molecule has 0 amide bonds. The predicted octanol–water partition coefficient (Wildman–Crippen LogP) is 5.26. The van der Waals surface area contributed by atoms with E-state index in [0.29, 0.717) is 11.4 Å². The normalized spacial score (nSPS) is 11.0. The van der Waals surface area contributed by atoms with Crippen LogP contribution in [0.5, 0.6) is 5.75 Å². The monoisotopic (exact) mass is 391 g/mol. The van der Waals surface area contributed by atoms with E-state index in [9.17, 15) is 14.7 Å². The number of carbonyl (C=O) groups excluding carboxylic acids is 2. The van der Waals surface area contributed by atoms with E-state index in [4.69, 9.17) is 4.74 Å². The van der Waals surface area contributed by atoms with Crippen LogP contribution in [-0.2, 0) is 9.53 Å². The number of aromatic nitrogens is 1. The van der Waals surface area contributed by atoms with Gasteiger partial charge in [-0.25, -0.2) is 4.98 Å². The number of nitrogens with zero attached hydrogens (tertiary/aromatic N) is 1. The molecule has 0 aliphatic rings. The highest BCUT2D eigenvalue weighted by Gasteiger charge is 2.17. The lowest BCUT2D eigenvalue weighted by Crippen LogP contribution is -2.09. The van der Waals surface area contributed by atoms with Crippen LogP contribution in [-0.4, -0.2) is 28.4 Å². The van der Waals surface area contributed by atoms with Crippen molar-refractivity contribution in [1.82, 2.24) is 4.98 Å². The van der Waals surface area contributed by atoms with Gasteiger partial charge < -0.3 is 9.84 Å². The van der Waals surface area contributed by atoms with Gasteiger partial charge in [-0.3, -0.25) is 9.59 Å². The number of Topliss-reactive ketones (excluding diaryl/α,β-unsaturated/α-hetero) is 1. The summed E-state index contributed by atoms with van der Waals surface area (Å²) in [7, 11) is 0. The molecule has 1 heterocycles. The molecule has 0 aliphatic carbocycles. The number of aromatic hydroxyl groups is 1. The van der Waals surface area contributed by atoms with Gasteiger partial charge in [-0.15, -0.1) is 0 Å². The van der Waals surface area contributed by atoms with Crippen molar-refractivity contribution in [3.63, 3.8) is 0 Å². The number of rotatable bonds is 7. The van der Waals surface area contributed by atoms with Crippen LogP contribution >= 0.6 is 0 Å². The van der Waals surface area contributed by atoms with Gasteiger partial charge in [0, 0.05) is 11.8 Å². The smallest absolute Gasteiger partial charge is 0.306 e. The average molecular weight is 391 g/mol. The second-order valence-electron chi connectivity index (χ2n) is 7.27. The van der Waals surface area contributed by atoms with Crippen molar-refractivity contribution in [2.24, 2.45) is 0 Å². The Bertz CT molecular complexity index is 1040. The zero-order valence-electron chi connectivity index (χ0n) is 16.9. The number of hydrogen-bond acceptors (Lipinski definition) is 5. The minimum atomic E-state index is -0.437. The van der Waals surface area contributed by atoms with Gasteiger partial charge in [0.05, 0.1) is 18.5 Å². The van der Waals surface area contributed by atoms with Crippen LogP contribution in [0.3, 0.4) is 0 Å². The molecule has 0 spiro atoms. The van der Waals surface area contributed by atoms with Gasteiger partial charge in [0.2, 0.25) is 0 Å². The van der Waals surface area contributed by atoms with Crippen molar-refractivity contribution >= 4 is 22.7 Å². The first-order chi connectivity index (χ1) is 13.9. The highest BCUT2D eigenvalue weighted by molar-refractivity contribution is 6.00. The molecule has 5 nitrogen and oxygen atoms in total. The largest absolute Gasteiger partial charge is 0.506 e. The number of hydrogen-bond donors (Lipinski definition) is 1. The Balaban J connectivity index is 1.88. The summed E-state index contributed by atoms with van der Waals surface area (Å²) in [5, 5.41) is 11.0. The van der Waals surface area contributed by atoms with Crippen LogP contribution < -0.4 is 0 Å². The van der Waals surface area contributed by atoms with E-state index in [1.54, 1.807) is 6.92 Å². The first-order valence-corrected chi connectivity index (χ1v) is 9.82. The molecule has 0 saturated heterocycles. The van der Waals surface area contributed by atoms with Crippen LogP contribution in [0.4, 0.5) is 0 Å². The van der Waals surface area contributed by atoms with Crippen LogP contribution in [0.15, 0.2) is 48.5 Å². The lowest BCUT2D eigenvalue weighted by Gasteiger charge is -2.09. The van der Waals surface area contributed by atoms with Crippen molar-refractivity contribution in [2.45, 2.75) is 39.5 Å². The summed E-state index contributed by atoms with van der Waals surface area (Å²) in [6.45, 7) is 6.29. The van der Waals surface area contributed by atoms with Crippen molar-refractivity contribution in [2.75, 3.05) is 6.61 Å². The maximum Gasteiger partial charge on any atom is 0.306 e. The van der Waals surface area contributed by atoms with E-state index in [2.05, 4.69) is 43.1 Å². The van der Waals surface area contributed by atoms with Gasteiger partial charge in [-0.1, -0.05) is 50.2 Å². The van der Waals surface area contributed by atoms with Crippen LogP contribution in [0.25, 0.3) is 22.0 Å². The van der Waals surface area contributed by atoms with Gasteiger partial charge >= 0.3 is 5.97 Å². The number of carbonyl (C=O) groups is 2. The third-order valence-electron chi connectivity index (χ3n) is 4.83. The SMILES string of the molecule is CCOC(=O)CCC(=O)c1nc2cc(-c3ccc(C(C)C)cc3)ccc2cc1O. The van der Waals surface area contributed by atoms with Gasteiger partial charge in [0.25, 0.3) is 0 Å². The Morgan fingerprint density at radius 3 is 2.34 bits per heavy atom. The van der Waals surface area contributed by atoms with E-state index in [0.717, 1.165) is 16.5 Å². The molecular weight excluding hydrogens is 366 g/mol. The minimum absolute atomic E-state index is 0.0193. The van der Waals surface area contributed by atoms with Crippen molar-refractivity contribution in [3.05, 3.63) is 59.8 Å². The molecule has 1 N–H and O–H groups in total. The molecule has 0 unspecified atom stereocenters. The van der Waals surface area contributed by atoms with E-state index < -0.39 is 5.97 Å². The van der Waals surface area contributed by atoms with Crippen LogP contribution in [0.2, 0.25) is 0 Å². The highest BCUT2D eigenvalue weighted by Crippen LogP contribution is 2.29. The van der Waals surface area contributed by atoms with E-state index >= 15 is 0 Å². The third kappa shape index (κ3) is 4.80. The van der Waals surface area contributed by atoms with Gasteiger partial charge in [0.15, 0.2) is 5.78 Å². The topological polar surface area (TPSA) is 76.5 Å². The standard InChI is InChI=1S/C24H25NO4/c1-4-29-23(28)12-11-21(26)24-22(27)14-19-10-9-18(13-20(19)25-24)17-7-5-16(6-8-17)15(2)3/h5-10,13-15,27H,4,11-12H2,1-3H3. The molecule has 0 aliphatic heterocycles. The van der Waals surface area contributed by atoms with Crippen LogP contribution in [0, 0.1) is 0 Å². The number of ketones is 1. The molecule has 29 heavy (non-hydrogen) atoms. The lowest BCUT2D eigenvalue weighted by molar-refractivity contribution is -0.143. The molecule has 150 valence electrons. The second kappa shape index (κ2) is 8.86. The Kier molecular flexibility index (Phi) is 6.27. The predicted molar refractivity (Wildman–Crippen MR) is 113 cm³/mol. The fraction of sp³-hybridized carbons (Fsp3) is 0.292. The van der Waals surface area contributed by atoms with E-state index in [1.165, 1.54) is 11.6 Å². The number of ether oxygens (including phenoxy) is 1.